The number of aromatic nitrogens is 3. The molecule has 2 aromatic rings. The van der Waals surface area contributed by atoms with Crippen LogP contribution in [0.15, 0.2) is 18.3 Å². The van der Waals surface area contributed by atoms with Gasteiger partial charge in [-0.05, 0) is 37.6 Å². The summed E-state index contributed by atoms with van der Waals surface area (Å²) in [7, 11) is 1.66. The van der Waals surface area contributed by atoms with E-state index in [9.17, 15) is 0 Å². The zero-order valence-corrected chi connectivity index (χ0v) is 9.89. The maximum atomic E-state index is 5.28. The number of nitrogens with zero attached hydrogens (tertiary/aromatic N) is 3. The first-order valence-corrected chi connectivity index (χ1v) is 5.96. The van der Waals surface area contributed by atoms with Gasteiger partial charge in [-0.25, -0.2) is 0 Å². The van der Waals surface area contributed by atoms with E-state index >= 15 is 0 Å². The van der Waals surface area contributed by atoms with Gasteiger partial charge < -0.3 is 10.1 Å². The van der Waals surface area contributed by atoms with Gasteiger partial charge in [0.05, 0.1) is 7.11 Å². The van der Waals surface area contributed by atoms with Gasteiger partial charge in [0.2, 0.25) is 5.65 Å². The van der Waals surface area contributed by atoms with Crippen LogP contribution in [0.25, 0.3) is 5.65 Å². The average Bonchev–Trinajstić information content (AvgIpc) is 2.99. The Labute approximate surface area is 99.8 Å². The number of fused-ring (bicyclic) bond motifs is 1. The lowest BCUT2D eigenvalue weighted by atomic mass is 10.1. The molecule has 1 atom stereocenters. The standard InChI is InChI=1S/C12H16N4O/c1-17-10-3-2-6-16-11(14-15-12(10)16)7-9-4-5-13-8-9/h2-3,6,9,13H,4-5,7-8H2,1H3. The zero-order valence-electron chi connectivity index (χ0n) is 9.89. The van der Waals surface area contributed by atoms with E-state index < -0.39 is 0 Å². The van der Waals surface area contributed by atoms with Crippen LogP contribution in [0.5, 0.6) is 5.75 Å². The molecule has 1 unspecified atom stereocenters. The molecule has 1 saturated heterocycles. The Hall–Kier alpha value is -1.62. The minimum Gasteiger partial charge on any atom is -0.493 e. The van der Waals surface area contributed by atoms with Crippen molar-refractivity contribution in [1.82, 2.24) is 19.9 Å². The maximum Gasteiger partial charge on any atom is 0.203 e. The van der Waals surface area contributed by atoms with Gasteiger partial charge in [-0.1, -0.05) is 0 Å². The molecule has 1 aliphatic rings. The summed E-state index contributed by atoms with van der Waals surface area (Å²) in [5.74, 6) is 2.47. The molecule has 1 aliphatic heterocycles. The van der Waals surface area contributed by atoms with E-state index in [2.05, 4.69) is 15.5 Å². The summed E-state index contributed by atoms with van der Waals surface area (Å²) in [5, 5.41) is 11.8. The summed E-state index contributed by atoms with van der Waals surface area (Å²) in [4.78, 5) is 0. The van der Waals surface area contributed by atoms with Crippen molar-refractivity contribution in [2.24, 2.45) is 5.92 Å². The van der Waals surface area contributed by atoms with E-state index in [0.29, 0.717) is 5.92 Å². The molecule has 1 fully saturated rings. The monoisotopic (exact) mass is 232 g/mol. The van der Waals surface area contributed by atoms with Crippen molar-refractivity contribution in [1.29, 1.82) is 0 Å². The fraction of sp³-hybridized carbons (Fsp3) is 0.500. The summed E-state index contributed by atoms with van der Waals surface area (Å²) in [6.07, 6.45) is 4.19. The highest BCUT2D eigenvalue weighted by molar-refractivity contribution is 5.53. The largest absolute Gasteiger partial charge is 0.493 e. The van der Waals surface area contributed by atoms with Gasteiger partial charge in [-0.3, -0.25) is 4.40 Å². The molecule has 0 spiro atoms. The van der Waals surface area contributed by atoms with Crippen LogP contribution in [0.1, 0.15) is 12.2 Å². The third-order valence-electron chi connectivity index (χ3n) is 3.32. The highest BCUT2D eigenvalue weighted by atomic mass is 16.5. The Morgan fingerprint density at radius 3 is 3.24 bits per heavy atom. The molecule has 0 amide bonds. The van der Waals surface area contributed by atoms with Gasteiger partial charge in [0.1, 0.15) is 5.82 Å². The molecule has 3 heterocycles. The second kappa shape index (κ2) is 4.33. The number of pyridine rings is 1. The number of methoxy groups -OCH3 is 1. The maximum absolute atomic E-state index is 5.28. The van der Waals surface area contributed by atoms with E-state index in [1.807, 2.05) is 22.7 Å². The van der Waals surface area contributed by atoms with Gasteiger partial charge in [0, 0.05) is 12.6 Å². The van der Waals surface area contributed by atoms with E-state index in [-0.39, 0.29) is 0 Å². The molecule has 5 nitrogen and oxygen atoms in total. The van der Waals surface area contributed by atoms with Gasteiger partial charge in [-0.2, -0.15) is 0 Å². The fourth-order valence-electron chi connectivity index (χ4n) is 2.38. The fourth-order valence-corrected chi connectivity index (χ4v) is 2.38. The first kappa shape index (κ1) is 10.5. The highest BCUT2D eigenvalue weighted by Gasteiger charge is 2.18. The Morgan fingerprint density at radius 1 is 1.53 bits per heavy atom. The van der Waals surface area contributed by atoms with Crippen LogP contribution < -0.4 is 10.1 Å². The molecular formula is C12H16N4O. The smallest absolute Gasteiger partial charge is 0.203 e. The van der Waals surface area contributed by atoms with E-state index in [0.717, 1.165) is 36.7 Å². The minimum atomic E-state index is 0.675. The Morgan fingerprint density at radius 2 is 2.47 bits per heavy atom. The topological polar surface area (TPSA) is 51.5 Å². The molecule has 0 aromatic carbocycles. The normalized spacial score (nSPS) is 19.9. The molecular weight excluding hydrogens is 216 g/mol. The summed E-state index contributed by atoms with van der Waals surface area (Å²) in [6.45, 7) is 2.20. The van der Waals surface area contributed by atoms with Crippen molar-refractivity contribution >= 4 is 5.65 Å². The van der Waals surface area contributed by atoms with Gasteiger partial charge >= 0.3 is 0 Å². The predicted molar refractivity (Wildman–Crippen MR) is 64.2 cm³/mol. The van der Waals surface area contributed by atoms with E-state index in [1.54, 1.807) is 7.11 Å². The van der Waals surface area contributed by atoms with Crippen molar-refractivity contribution in [2.75, 3.05) is 20.2 Å². The lowest BCUT2D eigenvalue weighted by molar-refractivity contribution is 0.416. The summed E-state index contributed by atoms with van der Waals surface area (Å²) in [5.41, 5.74) is 0.802. The number of rotatable bonds is 3. The second-order valence-electron chi connectivity index (χ2n) is 4.45. The molecule has 0 aliphatic carbocycles. The highest BCUT2D eigenvalue weighted by Crippen LogP contribution is 2.20. The number of nitrogens with one attached hydrogen (secondary N) is 1. The molecule has 5 heteroatoms. The molecule has 2 aromatic heterocycles. The van der Waals surface area contributed by atoms with Crippen LogP contribution in [-0.2, 0) is 6.42 Å². The molecule has 0 saturated carbocycles. The van der Waals surface area contributed by atoms with Crippen LogP contribution in [0.3, 0.4) is 0 Å². The van der Waals surface area contributed by atoms with Gasteiger partial charge in [0.15, 0.2) is 5.75 Å². The third-order valence-corrected chi connectivity index (χ3v) is 3.32. The summed E-state index contributed by atoms with van der Waals surface area (Å²) < 4.78 is 7.30. The molecule has 1 N–H and O–H groups in total. The molecule has 90 valence electrons. The van der Waals surface area contributed by atoms with Crippen LogP contribution in [0.4, 0.5) is 0 Å². The van der Waals surface area contributed by atoms with Crippen LogP contribution in [0, 0.1) is 5.92 Å². The SMILES string of the molecule is COc1cccn2c(CC3CCNC3)nnc12. The second-order valence-corrected chi connectivity index (χ2v) is 4.45. The molecule has 0 radical (unpaired) electrons. The van der Waals surface area contributed by atoms with Crippen molar-refractivity contribution in [3.05, 3.63) is 24.2 Å². The van der Waals surface area contributed by atoms with Crippen molar-refractivity contribution < 1.29 is 4.74 Å². The third kappa shape index (κ3) is 1.86. The van der Waals surface area contributed by atoms with Gasteiger partial charge in [0.25, 0.3) is 0 Å². The quantitative estimate of drug-likeness (QED) is 0.854. The van der Waals surface area contributed by atoms with Gasteiger partial charge in [-0.15, -0.1) is 10.2 Å². The van der Waals surface area contributed by atoms with Crippen molar-refractivity contribution in [3.63, 3.8) is 0 Å². The van der Waals surface area contributed by atoms with Crippen LogP contribution >= 0.6 is 0 Å². The Balaban J connectivity index is 1.94. The Bertz CT molecular complexity index is 516. The van der Waals surface area contributed by atoms with E-state index in [4.69, 9.17) is 4.74 Å². The van der Waals surface area contributed by atoms with Crippen LogP contribution in [0.2, 0.25) is 0 Å². The summed E-state index contributed by atoms with van der Waals surface area (Å²) in [6, 6.07) is 3.87. The van der Waals surface area contributed by atoms with Crippen molar-refractivity contribution in [3.8, 4) is 5.75 Å². The van der Waals surface area contributed by atoms with E-state index in [1.165, 1.54) is 6.42 Å². The van der Waals surface area contributed by atoms with Crippen LogP contribution in [-0.4, -0.2) is 34.8 Å². The molecule has 17 heavy (non-hydrogen) atoms. The average molecular weight is 232 g/mol. The lowest BCUT2D eigenvalue weighted by Gasteiger charge is -2.06. The minimum absolute atomic E-state index is 0.675. The summed E-state index contributed by atoms with van der Waals surface area (Å²) >= 11 is 0. The molecule has 0 bridgehead atoms. The van der Waals surface area contributed by atoms with Crippen molar-refractivity contribution in [2.45, 2.75) is 12.8 Å². The lowest BCUT2D eigenvalue weighted by Crippen LogP contribution is -2.12. The number of hydrogen-bond acceptors (Lipinski definition) is 4. The Kier molecular flexibility index (Phi) is 2.68. The molecule has 3 rings (SSSR count). The number of ether oxygens (including phenoxy) is 1. The first-order valence-electron chi connectivity index (χ1n) is 5.96. The first-order chi connectivity index (χ1) is 8.38. The zero-order chi connectivity index (χ0) is 11.7. The number of hydrogen-bond donors (Lipinski definition) is 1. The predicted octanol–water partition coefficient (Wildman–Crippen LogP) is 0.890.